The molecular formula is C26H32N6O2. The van der Waals surface area contributed by atoms with Gasteiger partial charge in [0.05, 0.1) is 32.2 Å². The highest BCUT2D eigenvalue weighted by Crippen LogP contribution is 2.36. The maximum Gasteiger partial charge on any atom is 0.157 e. The molecule has 0 fully saturated rings. The summed E-state index contributed by atoms with van der Waals surface area (Å²) in [6, 6.07) is 12.3. The van der Waals surface area contributed by atoms with Crippen LogP contribution in [0, 0.1) is 0 Å². The number of aromatic nitrogens is 5. The van der Waals surface area contributed by atoms with E-state index in [0.717, 1.165) is 53.2 Å². The van der Waals surface area contributed by atoms with Crippen molar-refractivity contribution in [3.8, 4) is 17.0 Å². The number of anilines is 1. The maximum atomic E-state index is 5.65. The Labute approximate surface area is 200 Å². The predicted octanol–water partition coefficient (Wildman–Crippen LogP) is 4.71. The number of benzene rings is 1. The van der Waals surface area contributed by atoms with Crippen LogP contribution in [-0.4, -0.2) is 52.1 Å². The molecule has 0 aliphatic rings. The average Bonchev–Trinajstić information content (AvgIpc) is 3.28. The minimum absolute atomic E-state index is 0.107. The molecule has 8 heteroatoms. The second kappa shape index (κ2) is 10.6. The van der Waals surface area contributed by atoms with Gasteiger partial charge >= 0.3 is 0 Å². The Morgan fingerprint density at radius 1 is 1.06 bits per heavy atom. The lowest BCUT2D eigenvalue weighted by Gasteiger charge is -2.32. The first-order valence-electron chi connectivity index (χ1n) is 11.6. The lowest BCUT2D eigenvalue weighted by molar-refractivity contribution is 0.184. The van der Waals surface area contributed by atoms with E-state index < -0.39 is 0 Å². The molecule has 8 nitrogen and oxygen atoms in total. The zero-order chi connectivity index (χ0) is 24.0. The quantitative estimate of drug-likeness (QED) is 0.347. The van der Waals surface area contributed by atoms with Gasteiger partial charge < -0.3 is 14.8 Å². The van der Waals surface area contributed by atoms with Crippen LogP contribution in [0.3, 0.4) is 0 Å². The Bertz CT molecular complexity index is 1240. The number of ether oxygens (including phenoxy) is 2. The minimum Gasteiger partial charge on any atom is -0.496 e. The molecule has 4 rings (SSSR count). The summed E-state index contributed by atoms with van der Waals surface area (Å²) in [5.41, 5.74) is 3.65. The fourth-order valence-electron chi connectivity index (χ4n) is 4.36. The largest absolute Gasteiger partial charge is 0.496 e. The molecule has 0 saturated heterocycles. The van der Waals surface area contributed by atoms with Crippen molar-refractivity contribution < 1.29 is 9.47 Å². The highest BCUT2D eigenvalue weighted by Gasteiger charge is 2.29. The van der Waals surface area contributed by atoms with Crippen molar-refractivity contribution in [1.29, 1.82) is 0 Å². The molecule has 34 heavy (non-hydrogen) atoms. The monoisotopic (exact) mass is 460 g/mol. The number of fused-ring (bicyclic) bond motifs is 1. The summed E-state index contributed by atoms with van der Waals surface area (Å²) in [7, 11) is 3.40. The highest BCUT2D eigenvalue weighted by molar-refractivity contribution is 5.80. The molecule has 0 aliphatic heterocycles. The van der Waals surface area contributed by atoms with Crippen molar-refractivity contribution in [3.63, 3.8) is 0 Å². The fourth-order valence-corrected chi connectivity index (χ4v) is 4.36. The normalized spacial score (nSPS) is 13.1. The van der Waals surface area contributed by atoms with Crippen LogP contribution in [0.1, 0.15) is 32.3 Å². The number of para-hydroxylation sites is 1. The van der Waals surface area contributed by atoms with E-state index in [1.165, 1.54) is 5.56 Å². The molecule has 4 aromatic rings. The summed E-state index contributed by atoms with van der Waals surface area (Å²) < 4.78 is 12.7. The Hall–Kier alpha value is -3.52. The van der Waals surface area contributed by atoms with Gasteiger partial charge in [-0.3, -0.25) is 0 Å². The first-order chi connectivity index (χ1) is 16.6. The maximum absolute atomic E-state index is 5.65. The van der Waals surface area contributed by atoms with Crippen LogP contribution in [0.2, 0.25) is 0 Å². The SMILES string of the molecule is CCCC(C)(CNc1cc(-c2cnc3c(cnn3CCOC)c2)ncn1)c1ccccc1OC. The molecule has 3 heterocycles. The van der Waals surface area contributed by atoms with Gasteiger partial charge in [-0.05, 0) is 18.6 Å². The fraction of sp³-hybridized carbons (Fsp3) is 0.385. The summed E-state index contributed by atoms with van der Waals surface area (Å²) >= 11 is 0. The van der Waals surface area contributed by atoms with Gasteiger partial charge in [-0.1, -0.05) is 38.5 Å². The van der Waals surface area contributed by atoms with Crippen molar-refractivity contribution in [2.45, 2.75) is 38.6 Å². The van der Waals surface area contributed by atoms with Crippen LogP contribution in [0.4, 0.5) is 5.82 Å². The van der Waals surface area contributed by atoms with E-state index in [1.807, 2.05) is 35.3 Å². The molecule has 1 atom stereocenters. The molecule has 0 amide bonds. The van der Waals surface area contributed by atoms with Gasteiger partial charge in [0.25, 0.3) is 0 Å². The number of methoxy groups -OCH3 is 2. The second-order valence-electron chi connectivity index (χ2n) is 8.65. The first kappa shape index (κ1) is 23.6. The first-order valence-corrected chi connectivity index (χ1v) is 11.6. The molecule has 178 valence electrons. The van der Waals surface area contributed by atoms with Crippen LogP contribution < -0.4 is 10.1 Å². The van der Waals surface area contributed by atoms with Crippen LogP contribution in [-0.2, 0) is 16.7 Å². The minimum atomic E-state index is -0.107. The zero-order valence-corrected chi connectivity index (χ0v) is 20.3. The van der Waals surface area contributed by atoms with E-state index in [-0.39, 0.29) is 5.41 Å². The molecule has 0 spiro atoms. The Balaban J connectivity index is 1.55. The van der Waals surface area contributed by atoms with Gasteiger partial charge in [0.2, 0.25) is 0 Å². The average molecular weight is 461 g/mol. The van der Waals surface area contributed by atoms with Gasteiger partial charge in [-0.15, -0.1) is 0 Å². The molecule has 0 radical (unpaired) electrons. The van der Waals surface area contributed by atoms with Crippen LogP contribution in [0.15, 0.2) is 55.1 Å². The van der Waals surface area contributed by atoms with Gasteiger partial charge in [-0.2, -0.15) is 5.10 Å². The van der Waals surface area contributed by atoms with Gasteiger partial charge in [0.1, 0.15) is 17.9 Å². The molecule has 1 N–H and O–H groups in total. The lowest BCUT2D eigenvalue weighted by atomic mass is 9.78. The molecule has 0 aliphatic carbocycles. The number of pyridine rings is 1. The molecule has 1 aromatic carbocycles. The summed E-state index contributed by atoms with van der Waals surface area (Å²) in [5, 5.41) is 8.92. The van der Waals surface area contributed by atoms with Gasteiger partial charge in [-0.25, -0.2) is 19.6 Å². The topological polar surface area (TPSA) is 87.0 Å². The van der Waals surface area contributed by atoms with Crippen molar-refractivity contribution in [2.24, 2.45) is 0 Å². The highest BCUT2D eigenvalue weighted by atomic mass is 16.5. The van der Waals surface area contributed by atoms with Crippen LogP contribution >= 0.6 is 0 Å². The molecule has 1 unspecified atom stereocenters. The number of rotatable bonds is 11. The van der Waals surface area contributed by atoms with E-state index in [0.29, 0.717) is 13.2 Å². The van der Waals surface area contributed by atoms with Gasteiger partial charge in [0, 0.05) is 47.8 Å². The van der Waals surface area contributed by atoms with E-state index >= 15 is 0 Å². The second-order valence-corrected chi connectivity index (χ2v) is 8.65. The van der Waals surface area contributed by atoms with Crippen LogP contribution in [0.25, 0.3) is 22.3 Å². The standard InChI is InChI=1S/C26H32N6O2/c1-5-10-26(2,21-8-6-7-9-23(21)34-4)17-28-24-14-22(29-18-30-24)19-13-20-16-31-32(11-12-33-3)25(20)27-15-19/h6-9,13-16,18H,5,10-12,17H2,1-4H3,(H,28,29,30). The molecule has 0 bridgehead atoms. The molecule has 0 saturated carbocycles. The van der Waals surface area contributed by atoms with E-state index in [4.69, 9.17) is 9.47 Å². The van der Waals surface area contributed by atoms with Crippen molar-refractivity contribution in [1.82, 2.24) is 24.7 Å². The van der Waals surface area contributed by atoms with Gasteiger partial charge in [0.15, 0.2) is 5.65 Å². The third-order valence-electron chi connectivity index (χ3n) is 6.16. The lowest BCUT2D eigenvalue weighted by Crippen LogP contribution is -2.32. The number of nitrogens with one attached hydrogen (secondary N) is 1. The third-order valence-corrected chi connectivity index (χ3v) is 6.16. The Morgan fingerprint density at radius 2 is 1.91 bits per heavy atom. The number of hydrogen-bond donors (Lipinski definition) is 1. The van der Waals surface area contributed by atoms with E-state index in [2.05, 4.69) is 57.4 Å². The smallest absolute Gasteiger partial charge is 0.157 e. The summed E-state index contributed by atoms with van der Waals surface area (Å²) in [6.45, 7) is 6.45. The molecular weight excluding hydrogens is 428 g/mol. The van der Waals surface area contributed by atoms with Crippen molar-refractivity contribution >= 4 is 16.9 Å². The summed E-state index contributed by atoms with van der Waals surface area (Å²) in [4.78, 5) is 13.6. The number of nitrogens with zero attached hydrogens (tertiary/aromatic N) is 5. The van der Waals surface area contributed by atoms with Crippen LogP contribution in [0.5, 0.6) is 5.75 Å². The predicted molar refractivity (Wildman–Crippen MR) is 134 cm³/mol. The Kier molecular flexibility index (Phi) is 7.37. The van der Waals surface area contributed by atoms with Crippen molar-refractivity contribution in [3.05, 3.63) is 60.7 Å². The van der Waals surface area contributed by atoms with E-state index in [9.17, 15) is 0 Å². The summed E-state index contributed by atoms with van der Waals surface area (Å²) in [6.07, 6.45) is 7.33. The zero-order valence-electron chi connectivity index (χ0n) is 20.3. The summed E-state index contributed by atoms with van der Waals surface area (Å²) in [5.74, 6) is 1.69. The third kappa shape index (κ3) is 5.02. The van der Waals surface area contributed by atoms with E-state index in [1.54, 1.807) is 20.5 Å². The van der Waals surface area contributed by atoms with Crippen molar-refractivity contribution in [2.75, 3.05) is 32.7 Å². The molecule has 3 aromatic heterocycles. The number of hydrogen-bond acceptors (Lipinski definition) is 7. The Morgan fingerprint density at radius 3 is 2.71 bits per heavy atom.